The van der Waals surface area contributed by atoms with Gasteiger partial charge in [0.25, 0.3) is 0 Å². The third-order valence-corrected chi connectivity index (χ3v) is 2.12. The maximum Gasteiger partial charge on any atom is 0.144 e. The van der Waals surface area contributed by atoms with E-state index in [1.54, 1.807) is 6.92 Å². The van der Waals surface area contributed by atoms with Crippen molar-refractivity contribution in [3.63, 3.8) is 0 Å². The zero-order chi connectivity index (χ0) is 9.61. The van der Waals surface area contributed by atoms with Gasteiger partial charge in [-0.25, -0.2) is 0 Å². The van der Waals surface area contributed by atoms with Crippen molar-refractivity contribution in [3.05, 3.63) is 0 Å². The van der Waals surface area contributed by atoms with Crippen molar-refractivity contribution in [2.45, 2.75) is 45.2 Å². The molecule has 12 heavy (non-hydrogen) atoms. The summed E-state index contributed by atoms with van der Waals surface area (Å²) in [4.78, 5) is 0. The quantitative estimate of drug-likeness (QED) is 0.365. The van der Waals surface area contributed by atoms with E-state index in [0.717, 1.165) is 12.8 Å². The monoisotopic (exact) mass is 178 g/mol. The summed E-state index contributed by atoms with van der Waals surface area (Å²) < 4.78 is 0. The summed E-state index contributed by atoms with van der Waals surface area (Å²) in [5.74, 6) is 0. The summed E-state index contributed by atoms with van der Waals surface area (Å²) in [6.07, 6.45) is 2.66. The van der Waals surface area contributed by atoms with Gasteiger partial charge < -0.3 is 5.21 Å². The maximum absolute atomic E-state index is 8.86. The molecule has 0 saturated heterocycles. The first-order valence-electron chi connectivity index (χ1n) is 4.22. The molecule has 0 radical (unpaired) electrons. The third-order valence-electron chi connectivity index (χ3n) is 2.12. The first-order valence-corrected chi connectivity index (χ1v) is 4.22. The molecule has 0 aromatic carbocycles. The van der Waals surface area contributed by atoms with Crippen LogP contribution in [0.25, 0.3) is 0 Å². The minimum atomic E-state index is -1.12. The van der Waals surface area contributed by atoms with Gasteiger partial charge in [-0.05, 0) is 18.1 Å². The number of hydrogen-bond donors (Lipinski definition) is 4. The van der Waals surface area contributed by atoms with Crippen LogP contribution in [0.5, 0.6) is 0 Å². The smallest absolute Gasteiger partial charge is 0.144 e. The molecule has 0 amide bonds. The molecule has 0 aromatic heterocycles. The molecule has 0 heterocycles. The van der Waals surface area contributed by atoms with Gasteiger partial charge in [0.1, 0.15) is 5.66 Å². The molecule has 5 nitrogen and oxygen atoms in total. The molecule has 0 aliphatic carbocycles. The minimum Gasteiger partial charge on any atom is -0.315 e. The molecule has 0 saturated carbocycles. The Kier molecular flexibility index (Phi) is 5.36. The predicted molar refractivity (Wildman–Crippen MR) is 42.9 cm³/mol. The largest absolute Gasteiger partial charge is 0.315 e. The van der Waals surface area contributed by atoms with Crippen LogP contribution in [0.2, 0.25) is 0 Å². The molecular weight excluding hydrogens is 160 g/mol. The maximum atomic E-state index is 8.86. The third kappa shape index (κ3) is 2.69. The zero-order valence-electron chi connectivity index (χ0n) is 7.62. The average molecular weight is 178 g/mol. The molecule has 0 aromatic rings. The van der Waals surface area contributed by atoms with Crippen LogP contribution >= 0.6 is 0 Å². The lowest BCUT2D eigenvalue weighted by molar-refractivity contribution is -0.385. The van der Waals surface area contributed by atoms with Gasteiger partial charge in [0.05, 0.1) is 0 Å². The minimum absolute atomic E-state index is 0.0443. The normalized spacial score (nSPS) is 16.5. The first-order chi connectivity index (χ1) is 5.63. The number of nitrogens with one attached hydrogen (secondary N) is 1. The summed E-state index contributed by atoms with van der Waals surface area (Å²) in [5.41, 5.74) is 0.810. The second-order valence-electron chi connectivity index (χ2n) is 2.89. The van der Waals surface area contributed by atoms with Gasteiger partial charge >= 0.3 is 0 Å². The molecule has 0 aliphatic heterocycles. The molecule has 0 spiro atoms. The van der Waals surface area contributed by atoms with Gasteiger partial charge in [-0.1, -0.05) is 26.7 Å². The number of rotatable bonds is 6. The van der Waals surface area contributed by atoms with Crippen molar-refractivity contribution in [1.29, 1.82) is 0 Å². The molecular formula is C7H18N2O3. The van der Waals surface area contributed by atoms with Gasteiger partial charge in [0, 0.05) is 0 Å². The van der Waals surface area contributed by atoms with Crippen LogP contribution in [0.3, 0.4) is 0 Å². The Labute approximate surface area is 72.5 Å². The number of hydrogen-bond acceptors (Lipinski definition) is 5. The van der Waals surface area contributed by atoms with E-state index in [2.05, 4.69) is 0 Å². The van der Waals surface area contributed by atoms with Crippen LogP contribution in [0.1, 0.15) is 39.5 Å². The van der Waals surface area contributed by atoms with Gasteiger partial charge in [0.2, 0.25) is 0 Å². The lowest BCUT2D eigenvalue weighted by atomic mass is 10.0. The second-order valence-corrected chi connectivity index (χ2v) is 2.89. The molecule has 74 valence electrons. The molecule has 4 N–H and O–H groups in total. The topological polar surface area (TPSA) is 76.0 Å². The van der Waals surface area contributed by atoms with Gasteiger partial charge in [-0.2, -0.15) is 5.48 Å². The summed E-state index contributed by atoms with van der Waals surface area (Å²) in [7, 11) is 0. The first kappa shape index (κ1) is 11.8. The highest BCUT2D eigenvalue weighted by atomic mass is 16.8. The summed E-state index contributed by atoms with van der Waals surface area (Å²) in [6, 6.07) is 0. The molecule has 1 unspecified atom stereocenters. The fraction of sp³-hybridized carbons (Fsp3) is 1.00. The van der Waals surface area contributed by atoms with Crippen molar-refractivity contribution < 1.29 is 15.6 Å². The van der Waals surface area contributed by atoms with Crippen LogP contribution in [0.15, 0.2) is 0 Å². The molecule has 1 atom stereocenters. The predicted octanol–water partition coefficient (Wildman–Crippen LogP) is 1.34. The number of hydroxylamine groups is 3. The highest BCUT2D eigenvalue weighted by Crippen LogP contribution is 2.19. The van der Waals surface area contributed by atoms with E-state index in [9.17, 15) is 0 Å². The fourth-order valence-corrected chi connectivity index (χ4v) is 1.07. The van der Waals surface area contributed by atoms with E-state index in [1.165, 1.54) is 0 Å². The lowest BCUT2D eigenvalue weighted by Gasteiger charge is -2.33. The van der Waals surface area contributed by atoms with E-state index in [4.69, 9.17) is 15.6 Å². The molecule has 5 heteroatoms. The van der Waals surface area contributed by atoms with Crippen LogP contribution in [-0.2, 0) is 0 Å². The fourth-order valence-electron chi connectivity index (χ4n) is 1.07. The van der Waals surface area contributed by atoms with Crippen molar-refractivity contribution in [2.75, 3.05) is 0 Å². The molecule has 0 rings (SSSR count). The SMILES string of the molecule is CCCCC(CC)(NO)N(O)O. The Bertz CT molecular complexity index is 115. The Hall–Kier alpha value is -0.200. The highest BCUT2D eigenvalue weighted by molar-refractivity contribution is 4.75. The Morgan fingerprint density at radius 3 is 2.17 bits per heavy atom. The van der Waals surface area contributed by atoms with E-state index < -0.39 is 5.66 Å². The summed E-state index contributed by atoms with van der Waals surface area (Å²) in [5, 5.41) is 26.5. The average Bonchev–Trinajstić information content (AvgIpc) is 2.07. The Morgan fingerprint density at radius 2 is 1.92 bits per heavy atom. The standard InChI is InChI=1S/C7H18N2O3/c1-3-5-6-7(4-2,8-10)9(11)12/h8,10-12H,3-6H2,1-2H3. The van der Waals surface area contributed by atoms with E-state index in [0.29, 0.717) is 12.8 Å². The zero-order valence-corrected chi connectivity index (χ0v) is 7.62. The summed E-state index contributed by atoms with van der Waals surface area (Å²) in [6.45, 7) is 3.76. The number of unbranched alkanes of at least 4 members (excludes halogenated alkanes) is 1. The number of nitrogens with zero attached hydrogens (tertiary/aromatic N) is 1. The van der Waals surface area contributed by atoms with Gasteiger partial charge in [-0.15, -0.1) is 0 Å². The van der Waals surface area contributed by atoms with Crippen LogP contribution < -0.4 is 5.48 Å². The van der Waals surface area contributed by atoms with Crippen molar-refractivity contribution in [3.8, 4) is 0 Å². The van der Waals surface area contributed by atoms with E-state index in [1.807, 2.05) is 12.4 Å². The van der Waals surface area contributed by atoms with Crippen LogP contribution in [0, 0.1) is 0 Å². The van der Waals surface area contributed by atoms with Gasteiger partial charge in [-0.3, -0.25) is 10.4 Å². The van der Waals surface area contributed by atoms with Crippen molar-refractivity contribution in [1.82, 2.24) is 10.7 Å². The molecule has 0 aliphatic rings. The summed E-state index contributed by atoms with van der Waals surface area (Å²) >= 11 is 0. The Morgan fingerprint density at radius 1 is 1.33 bits per heavy atom. The lowest BCUT2D eigenvalue weighted by Crippen LogP contribution is -2.54. The van der Waals surface area contributed by atoms with Gasteiger partial charge in [0.15, 0.2) is 0 Å². The van der Waals surface area contributed by atoms with E-state index >= 15 is 0 Å². The van der Waals surface area contributed by atoms with Crippen LogP contribution in [-0.4, -0.2) is 26.5 Å². The second kappa shape index (κ2) is 5.45. The molecule has 0 fully saturated rings. The Balaban J connectivity index is 4.15. The molecule has 0 bridgehead atoms. The van der Waals surface area contributed by atoms with Crippen molar-refractivity contribution >= 4 is 0 Å². The van der Waals surface area contributed by atoms with Crippen molar-refractivity contribution in [2.24, 2.45) is 0 Å². The highest BCUT2D eigenvalue weighted by Gasteiger charge is 2.32. The van der Waals surface area contributed by atoms with Crippen LogP contribution in [0.4, 0.5) is 0 Å². The van der Waals surface area contributed by atoms with E-state index in [-0.39, 0.29) is 5.23 Å².